The largest absolute Gasteiger partial charge is 0.480 e. The Bertz CT molecular complexity index is 489. The second kappa shape index (κ2) is 6.56. The molecule has 0 saturated carbocycles. The van der Waals surface area contributed by atoms with Gasteiger partial charge in [-0.3, -0.25) is 0 Å². The van der Waals surface area contributed by atoms with E-state index in [9.17, 15) is 9.59 Å². The molecule has 1 rings (SSSR count). The number of anilines is 1. The third-order valence-electron chi connectivity index (χ3n) is 2.59. The number of urea groups is 1. The highest BCUT2D eigenvalue weighted by Crippen LogP contribution is 2.23. The molecule has 6 heteroatoms. The maximum absolute atomic E-state index is 11.8. The smallest absolute Gasteiger partial charge is 0.326 e. The molecule has 0 aliphatic heterocycles. The number of carboxylic acids is 1. The van der Waals surface area contributed by atoms with E-state index in [0.29, 0.717) is 5.69 Å². The van der Waals surface area contributed by atoms with Crippen molar-refractivity contribution in [2.75, 3.05) is 5.32 Å². The highest BCUT2D eigenvalue weighted by molar-refractivity contribution is 9.10. The maximum Gasteiger partial charge on any atom is 0.326 e. The van der Waals surface area contributed by atoms with E-state index < -0.39 is 18.0 Å². The van der Waals surface area contributed by atoms with Gasteiger partial charge in [0.15, 0.2) is 0 Å². The fourth-order valence-electron chi connectivity index (χ4n) is 1.53. The third kappa shape index (κ3) is 4.55. The van der Waals surface area contributed by atoms with Gasteiger partial charge in [-0.25, -0.2) is 9.59 Å². The number of halogens is 1. The van der Waals surface area contributed by atoms with E-state index >= 15 is 0 Å². The second-order valence-electron chi connectivity index (χ2n) is 4.64. The number of benzene rings is 1. The number of aryl methyl sites for hydroxylation is 1. The van der Waals surface area contributed by atoms with Crippen LogP contribution in [-0.2, 0) is 4.79 Å². The minimum absolute atomic E-state index is 0.190. The molecule has 0 heterocycles. The lowest BCUT2D eigenvalue weighted by molar-refractivity contribution is -0.140. The number of carbonyl (C=O) groups excluding carboxylic acids is 1. The molecule has 5 nitrogen and oxygen atoms in total. The number of rotatable bonds is 4. The van der Waals surface area contributed by atoms with Gasteiger partial charge >= 0.3 is 12.0 Å². The predicted molar refractivity (Wildman–Crippen MR) is 77.3 cm³/mol. The molecular formula is C13H17BrN2O3. The average molecular weight is 329 g/mol. The van der Waals surface area contributed by atoms with Crippen molar-refractivity contribution in [1.82, 2.24) is 5.32 Å². The Morgan fingerprint density at radius 3 is 2.42 bits per heavy atom. The Morgan fingerprint density at radius 1 is 1.32 bits per heavy atom. The Labute approximate surface area is 120 Å². The summed E-state index contributed by atoms with van der Waals surface area (Å²) in [4.78, 5) is 22.8. The molecule has 0 aliphatic rings. The van der Waals surface area contributed by atoms with E-state index in [-0.39, 0.29) is 5.92 Å². The number of amides is 2. The Morgan fingerprint density at radius 2 is 1.95 bits per heavy atom. The molecule has 0 radical (unpaired) electrons. The first-order valence-electron chi connectivity index (χ1n) is 5.87. The van der Waals surface area contributed by atoms with Crippen LogP contribution in [0.2, 0.25) is 0 Å². The van der Waals surface area contributed by atoms with Crippen molar-refractivity contribution in [3.05, 3.63) is 28.2 Å². The first kappa shape index (κ1) is 15.5. The normalized spacial score (nSPS) is 12.1. The van der Waals surface area contributed by atoms with Crippen LogP contribution in [0.5, 0.6) is 0 Å². The zero-order valence-corrected chi connectivity index (χ0v) is 12.6. The third-order valence-corrected chi connectivity index (χ3v) is 3.25. The van der Waals surface area contributed by atoms with Crippen molar-refractivity contribution in [1.29, 1.82) is 0 Å². The van der Waals surface area contributed by atoms with Gasteiger partial charge in [0.1, 0.15) is 6.04 Å². The lowest BCUT2D eigenvalue weighted by Crippen LogP contribution is -2.46. The number of carbonyl (C=O) groups is 2. The topological polar surface area (TPSA) is 78.4 Å². The van der Waals surface area contributed by atoms with Gasteiger partial charge < -0.3 is 15.7 Å². The van der Waals surface area contributed by atoms with E-state index in [4.69, 9.17) is 5.11 Å². The monoisotopic (exact) mass is 328 g/mol. The molecule has 2 amide bonds. The Hall–Kier alpha value is -1.56. The van der Waals surface area contributed by atoms with Crippen LogP contribution in [-0.4, -0.2) is 23.1 Å². The first-order valence-corrected chi connectivity index (χ1v) is 6.67. The number of hydrogen-bond donors (Lipinski definition) is 3. The van der Waals surface area contributed by atoms with Crippen LogP contribution in [0.25, 0.3) is 0 Å². The molecule has 19 heavy (non-hydrogen) atoms. The van der Waals surface area contributed by atoms with E-state index in [1.54, 1.807) is 19.9 Å². The second-order valence-corrected chi connectivity index (χ2v) is 5.50. The van der Waals surface area contributed by atoms with Crippen LogP contribution in [0.4, 0.5) is 10.5 Å². The van der Waals surface area contributed by atoms with Gasteiger partial charge in [-0.15, -0.1) is 0 Å². The molecule has 0 saturated heterocycles. The van der Waals surface area contributed by atoms with E-state index in [0.717, 1.165) is 10.0 Å². The minimum Gasteiger partial charge on any atom is -0.480 e. The highest BCUT2D eigenvalue weighted by Gasteiger charge is 2.23. The lowest BCUT2D eigenvalue weighted by Gasteiger charge is -2.18. The van der Waals surface area contributed by atoms with Crippen molar-refractivity contribution in [3.8, 4) is 0 Å². The highest BCUT2D eigenvalue weighted by atomic mass is 79.9. The van der Waals surface area contributed by atoms with Crippen LogP contribution in [0, 0.1) is 12.8 Å². The standard InChI is InChI=1S/C13H17BrN2O3/c1-7(2)11(12(17)18)16-13(19)15-10-5-4-8(3)6-9(10)14/h4-7,11H,1-3H3,(H,17,18)(H2,15,16,19)/t11-/m0/s1. The molecular weight excluding hydrogens is 312 g/mol. The van der Waals surface area contributed by atoms with Gasteiger partial charge in [0.05, 0.1) is 5.69 Å². The number of hydrogen-bond acceptors (Lipinski definition) is 2. The number of aliphatic carboxylic acids is 1. The Balaban J connectivity index is 2.72. The predicted octanol–water partition coefficient (Wildman–Crippen LogP) is 2.99. The number of nitrogens with one attached hydrogen (secondary N) is 2. The van der Waals surface area contributed by atoms with E-state index in [1.165, 1.54) is 0 Å². The van der Waals surface area contributed by atoms with Crippen LogP contribution in [0.1, 0.15) is 19.4 Å². The lowest BCUT2D eigenvalue weighted by atomic mass is 10.1. The SMILES string of the molecule is Cc1ccc(NC(=O)N[C@H](C(=O)O)C(C)C)c(Br)c1. The molecule has 0 aliphatic carbocycles. The van der Waals surface area contributed by atoms with Crippen molar-refractivity contribution >= 4 is 33.6 Å². The van der Waals surface area contributed by atoms with Gasteiger partial charge in [0, 0.05) is 4.47 Å². The van der Waals surface area contributed by atoms with Crippen LogP contribution < -0.4 is 10.6 Å². The molecule has 0 fully saturated rings. The first-order chi connectivity index (χ1) is 8.81. The summed E-state index contributed by atoms with van der Waals surface area (Å²) >= 11 is 3.34. The zero-order valence-electron chi connectivity index (χ0n) is 11.0. The van der Waals surface area contributed by atoms with Crippen LogP contribution >= 0.6 is 15.9 Å². The van der Waals surface area contributed by atoms with Gasteiger partial charge in [0.2, 0.25) is 0 Å². The number of carboxylic acid groups (broad SMARTS) is 1. The Kier molecular flexibility index (Phi) is 5.35. The summed E-state index contributed by atoms with van der Waals surface area (Å²) in [6, 6.07) is 4.03. The maximum atomic E-state index is 11.8. The molecule has 0 bridgehead atoms. The molecule has 1 atom stereocenters. The van der Waals surface area contributed by atoms with Crippen molar-refractivity contribution < 1.29 is 14.7 Å². The minimum atomic E-state index is -1.05. The van der Waals surface area contributed by atoms with Crippen molar-refractivity contribution in [2.45, 2.75) is 26.8 Å². The molecule has 104 valence electrons. The quantitative estimate of drug-likeness (QED) is 0.795. The van der Waals surface area contributed by atoms with Crippen LogP contribution in [0.3, 0.4) is 0 Å². The summed E-state index contributed by atoms with van der Waals surface area (Å²) in [5, 5.41) is 14.1. The van der Waals surface area contributed by atoms with Gasteiger partial charge in [-0.2, -0.15) is 0 Å². The fourth-order valence-corrected chi connectivity index (χ4v) is 2.13. The van der Waals surface area contributed by atoms with Gasteiger partial charge in [-0.1, -0.05) is 19.9 Å². The van der Waals surface area contributed by atoms with Crippen LogP contribution in [0.15, 0.2) is 22.7 Å². The average Bonchev–Trinajstić information content (AvgIpc) is 2.29. The zero-order chi connectivity index (χ0) is 14.6. The summed E-state index contributed by atoms with van der Waals surface area (Å²) < 4.78 is 0.749. The molecule has 0 unspecified atom stereocenters. The summed E-state index contributed by atoms with van der Waals surface area (Å²) in [5.74, 6) is -1.24. The fraction of sp³-hybridized carbons (Fsp3) is 0.385. The molecule has 0 spiro atoms. The van der Waals surface area contributed by atoms with Gasteiger partial charge in [-0.05, 0) is 46.5 Å². The summed E-state index contributed by atoms with van der Waals surface area (Å²) in [7, 11) is 0. The molecule has 0 aromatic heterocycles. The summed E-state index contributed by atoms with van der Waals surface area (Å²) in [5.41, 5.74) is 1.65. The van der Waals surface area contributed by atoms with Crippen molar-refractivity contribution in [3.63, 3.8) is 0 Å². The summed E-state index contributed by atoms with van der Waals surface area (Å²) in [6.07, 6.45) is 0. The molecule has 1 aromatic rings. The van der Waals surface area contributed by atoms with E-state index in [1.807, 2.05) is 19.1 Å². The summed E-state index contributed by atoms with van der Waals surface area (Å²) in [6.45, 7) is 5.41. The van der Waals surface area contributed by atoms with E-state index in [2.05, 4.69) is 26.6 Å². The molecule has 3 N–H and O–H groups in total. The van der Waals surface area contributed by atoms with Crippen molar-refractivity contribution in [2.24, 2.45) is 5.92 Å². The van der Waals surface area contributed by atoms with Gasteiger partial charge in [0.25, 0.3) is 0 Å². The molecule has 1 aromatic carbocycles.